The molecule has 0 aliphatic heterocycles. The third-order valence-corrected chi connectivity index (χ3v) is 1.48. The lowest BCUT2D eigenvalue weighted by atomic mass is 10.2. The predicted molar refractivity (Wildman–Crippen MR) is 47.8 cm³/mol. The quantitative estimate of drug-likeness (QED) is 0.518. The lowest BCUT2D eigenvalue weighted by Gasteiger charge is -2.12. The van der Waals surface area contributed by atoms with Gasteiger partial charge in [0.15, 0.2) is 0 Å². The second-order valence-electron chi connectivity index (χ2n) is 3.11. The second-order valence-corrected chi connectivity index (χ2v) is 3.11. The first-order valence-electron chi connectivity index (χ1n) is 4.18. The molecule has 0 bridgehead atoms. The summed E-state index contributed by atoms with van der Waals surface area (Å²) in [6, 6.07) is 0. The number of carbonyl (C=O) groups excluding carboxylic acids is 1. The van der Waals surface area contributed by atoms with Gasteiger partial charge in [-0.2, -0.15) is 0 Å². The van der Waals surface area contributed by atoms with E-state index in [0.29, 0.717) is 13.1 Å². The number of hydrogen-bond acceptors (Lipinski definition) is 3. The molecule has 0 aromatic carbocycles. The molecule has 3 N–H and O–H groups in total. The molecule has 1 atom stereocenters. The highest BCUT2D eigenvalue weighted by Gasteiger charge is 2.08. The lowest BCUT2D eigenvalue weighted by molar-refractivity contribution is -0.124. The lowest BCUT2D eigenvalue weighted by Crippen LogP contribution is -2.38. The van der Waals surface area contributed by atoms with Crippen LogP contribution in [0.3, 0.4) is 0 Å². The van der Waals surface area contributed by atoms with E-state index < -0.39 is 6.10 Å². The molecule has 1 unspecified atom stereocenters. The fourth-order valence-corrected chi connectivity index (χ4v) is 0.730. The van der Waals surface area contributed by atoms with Gasteiger partial charge in [0.05, 0.1) is 6.10 Å². The molecule has 0 spiro atoms. The molecule has 12 heavy (non-hydrogen) atoms. The van der Waals surface area contributed by atoms with Crippen molar-refractivity contribution in [1.29, 1.82) is 0 Å². The molecule has 0 aromatic heterocycles. The van der Waals surface area contributed by atoms with Gasteiger partial charge in [-0.3, -0.25) is 4.79 Å². The van der Waals surface area contributed by atoms with Crippen molar-refractivity contribution < 1.29 is 9.90 Å². The van der Waals surface area contributed by atoms with E-state index in [1.165, 1.54) is 0 Å². The molecule has 72 valence electrons. The van der Waals surface area contributed by atoms with Crippen LogP contribution in [0.25, 0.3) is 0 Å². The van der Waals surface area contributed by atoms with E-state index in [1.807, 2.05) is 13.8 Å². The third-order valence-electron chi connectivity index (χ3n) is 1.48. The minimum Gasteiger partial charge on any atom is -0.390 e. The Kier molecular flexibility index (Phi) is 5.66. The second kappa shape index (κ2) is 5.97. The summed E-state index contributed by atoms with van der Waals surface area (Å²) in [6.45, 7) is 4.45. The minimum atomic E-state index is -0.502. The van der Waals surface area contributed by atoms with E-state index in [2.05, 4.69) is 10.6 Å². The van der Waals surface area contributed by atoms with Gasteiger partial charge in [0, 0.05) is 19.0 Å². The summed E-state index contributed by atoms with van der Waals surface area (Å²) in [5.74, 6) is -0.0445. The summed E-state index contributed by atoms with van der Waals surface area (Å²) in [7, 11) is 1.76. The summed E-state index contributed by atoms with van der Waals surface area (Å²) in [5.41, 5.74) is 0. The van der Waals surface area contributed by atoms with Gasteiger partial charge in [-0.15, -0.1) is 0 Å². The highest BCUT2D eigenvalue weighted by atomic mass is 16.3. The summed E-state index contributed by atoms with van der Waals surface area (Å²) in [4.78, 5) is 11.0. The molecule has 0 aliphatic rings. The average Bonchev–Trinajstić information content (AvgIpc) is 2.00. The number of hydrogen-bond donors (Lipinski definition) is 3. The summed E-state index contributed by atoms with van der Waals surface area (Å²) < 4.78 is 0. The normalized spacial score (nSPS) is 13.1. The van der Waals surface area contributed by atoms with Gasteiger partial charge in [0.1, 0.15) is 0 Å². The Morgan fingerprint density at radius 3 is 2.42 bits per heavy atom. The largest absolute Gasteiger partial charge is 0.390 e. The Labute approximate surface area is 73.3 Å². The smallest absolute Gasteiger partial charge is 0.222 e. The standard InChI is InChI=1S/C8H18N2O2/c1-6(2)8(12)10-5-7(11)4-9-3/h6-7,9,11H,4-5H2,1-3H3,(H,10,12). The van der Waals surface area contributed by atoms with Crippen LogP contribution in [-0.4, -0.2) is 37.3 Å². The van der Waals surface area contributed by atoms with E-state index in [0.717, 1.165) is 0 Å². The zero-order valence-electron chi connectivity index (χ0n) is 7.92. The Morgan fingerprint density at radius 1 is 1.42 bits per heavy atom. The van der Waals surface area contributed by atoms with Gasteiger partial charge in [0.2, 0.25) is 5.91 Å². The molecule has 1 amide bonds. The van der Waals surface area contributed by atoms with Crippen molar-refractivity contribution in [3.8, 4) is 0 Å². The Balaban J connectivity index is 3.47. The minimum absolute atomic E-state index is 0.0215. The average molecular weight is 174 g/mol. The van der Waals surface area contributed by atoms with Crippen LogP contribution >= 0.6 is 0 Å². The van der Waals surface area contributed by atoms with Gasteiger partial charge in [0.25, 0.3) is 0 Å². The van der Waals surface area contributed by atoms with E-state index in [-0.39, 0.29) is 11.8 Å². The SMILES string of the molecule is CNCC(O)CNC(=O)C(C)C. The highest BCUT2D eigenvalue weighted by Crippen LogP contribution is 1.90. The van der Waals surface area contributed by atoms with Crippen LogP contribution in [0.2, 0.25) is 0 Å². The topological polar surface area (TPSA) is 61.4 Å². The van der Waals surface area contributed by atoms with Crippen molar-refractivity contribution in [2.45, 2.75) is 20.0 Å². The first kappa shape index (κ1) is 11.4. The van der Waals surface area contributed by atoms with Gasteiger partial charge in [-0.25, -0.2) is 0 Å². The van der Waals surface area contributed by atoms with Crippen molar-refractivity contribution in [3.63, 3.8) is 0 Å². The molecule has 0 aliphatic carbocycles. The van der Waals surface area contributed by atoms with E-state index in [9.17, 15) is 9.90 Å². The van der Waals surface area contributed by atoms with E-state index in [4.69, 9.17) is 0 Å². The van der Waals surface area contributed by atoms with Crippen molar-refractivity contribution in [2.75, 3.05) is 20.1 Å². The van der Waals surface area contributed by atoms with Crippen LogP contribution in [0.1, 0.15) is 13.8 Å². The van der Waals surface area contributed by atoms with Crippen LogP contribution in [0, 0.1) is 5.92 Å². The van der Waals surface area contributed by atoms with Gasteiger partial charge in [-0.05, 0) is 7.05 Å². The summed E-state index contributed by atoms with van der Waals surface area (Å²) in [6.07, 6.45) is -0.502. The molecule has 0 rings (SSSR count). The number of aliphatic hydroxyl groups is 1. The molecule has 0 heterocycles. The maximum atomic E-state index is 11.0. The van der Waals surface area contributed by atoms with Crippen LogP contribution in [0.5, 0.6) is 0 Å². The fraction of sp³-hybridized carbons (Fsp3) is 0.875. The molecule has 0 saturated heterocycles. The molecule has 0 aromatic rings. The number of aliphatic hydroxyl groups excluding tert-OH is 1. The Hall–Kier alpha value is -0.610. The Bertz CT molecular complexity index is 137. The zero-order chi connectivity index (χ0) is 9.56. The number of amides is 1. The molecule has 0 radical (unpaired) electrons. The molecule has 0 fully saturated rings. The maximum absolute atomic E-state index is 11.0. The number of likely N-dealkylation sites (N-methyl/N-ethyl adjacent to an activating group) is 1. The first-order valence-corrected chi connectivity index (χ1v) is 4.18. The van der Waals surface area contributed by atoms with E-state index >= 15 is 0 Å². The van der Waals surface area contributed by atoms with Crippen molar-refractivity contribution >= 4 is 5.91 Å². The molecular formula is C8H18N2O2. The van der Waals surface area contributed by atoms with Crippen molar-refractivity contribution in [3.05, 3.63) is 0 Å². The third kappa shape index (κ3) is 5.09. The van der Waals surface area contributed by atoms with Crippen LogP contribution in [0.15, 0.2) is 0 Å². The predicted octanol–water partition coefficient (Wildman–Crippen LogP) is -0.661. The zero-order valence-corrected chi connectivity index (χ0v) is 7.92. The monoisotopic (exact) mass is 174 g/mol. The highest BCUT2D eigenvalue weighted by molar-refractivity contribution is 5.77. The van der Waals surface area contributed by atoms with Crippen molar-refractivity contribution in [1.82, 2.24) is 10.6 Å². The molecular weight excluding hydrogens is 156 g/mol. The number of nitrogens with one attached hydrogen (secondary N) is 2. The van der Waals surface area contributed by atoms with Crippen LogP contribution in [0.4, 0.5) is 0 Å². The fourth-order valence-electron chi connectivity index (χ4n) is 0.730. The molecule has 0 saturated carbocycles. The van der Waals surface area contributed by atoms with Crippen LogP contribution in [-0.2, 0) is 4.79 Å². The van der Waals surface area contributed by atoms with Gasteiger partial charge >= 0.3 is 0 Å². The molecule has 4 heteroatoms. The summed E-state index contributed by atoms with van der Waals surface area (Å²) in [5, 5.41) is 14.7. The maximum Gasteiger partial charge on any atom is 0.222 e. The first-order chi connectivity index (χ1) is 5.57. The van der Waals surface area contributed by atoms with E-state index in [1.54, 1.807) is 7.05 Å². The van der Waals surface area contributed by atoms with Gasteiger partial charge in [-0.1, -0.05) is 13.8 Å². The van der Waals surface area contributed by atoms with Gasteiger partial charge < -0.3 is 15.7 Å². The van der Waals surface area contributed by atoms with Crippen LogP contribution < -0.4 is 10.6 Å². The molecule has 4 nitrogen and oxygen atoms in total. The number of carbonyl (C=O) groups is 1. The Morgan fingerprint density at radius 2 is 2.00 bits per heavy atom. The summed E-state index contributed by atoms with van der Waals surface area (Å²) >= 11 is 0. The van der Waals surface area contributed by atoms with Crippen molar-refractivity contribution in [2.24, 2.45) is 5.92 Å². The number of rotatable bonds is 5.